The van der Waals surface area contributed by atoms with Gasteiger partial charge in [0.1, 0.15) is 18.1 Å². The number of para-hydroxylation sites is 1. The number of carbonyl (C=O) groups is 3. The Morgan fingerprint density at radius 1 is 0.891 bits per heavy atom. The van der Waals surface area contributed by atoms with E-state index in [1.165, 1.54) is 11.1 Å². The number of aliphatic hydroxyl groups is 1. The lowest BCUT2D eigenvalue weighted by atomic mass is 9.93. The molecule has 1 aromatic heterocycles. The molecule has 6 heterocycles. The molecule has 2 saturated heterocycles. The van der Waals surface area contributed by atoms with E-state index in [9.17, 15) is 19.5 Å². The van der Waals surface area contributed by atoms with Gasteiger partial charge in [0.05, 0.1) is 16.7 Å². The molecule has 14 heteroatoms. The van der Waals surface area contributed by atoms with Crippen molar-refractivity contribution in [1.82, 2.24) is 24.9 Å². The molecule has 5 N–H and O–H groups in total. The van der Waals surface area contributed by atoms with Gasteiger partial charge in [-0.25, -0.2) is 4.99 Å². The molecule has 5 aliphatic heterocycles. The molecule has 3 amide bonds. The first-order valence-corrected chi connectivity index (χ1v) is 19.2. The fourth-order valence-electron chi connectivity index (χ4n) is 8.67. The second kappa shape index (κ2) is 14.2. The van der Waals surface area contributed by atoms with Crippen LogP contribution in [0.1, 0.15) is 68.7 Å². The van der Waals surface area contributed by atoms with Crippen LogP contribution in [0.3, 0.4) is 0 Å². The molecule has 3 atom stereocenters. The number of rotatable bonds is 8. The second-order valence-corrected chi connectivity index (χ2v) is 15.4. The van der Waals surface area contributed by atoms with Gasteiger partial charge in [0.25, 0.3) is 11.8 Å². The zero-order valence-electron chi connectivity index (χ0n) is 31.1. The highest BCUT2D eigenvalue weighted by atomic mass is 16.3. The summed E-state index contributed by atoms with van der Waals surface area (Å²) in [7, 11) is 1.93. The Balaban J connectivity index is 0.789. The summed E-state index contributed by atoms with van der Waals surface area (Å²) in [6, 6.07) is 19.3. The van der Waals surface area contributed by atoms with Crippen molar-refractivity contribution >= 4 is 52.6 Å². The first-order chi connectivity index (χ1) is 26.7. The highest BCUT2D eigenvalue weighted by molar-refractivity contribution is 6.23. The van der Waals surface area contributed by atoms with Crippen LogP contribution < -0.4 is 26.2 Å². The number of anilines is 5. The predicted molar refractivity (Wildman–Crippen MR) is 211 cm³/mol. The minimum absolute atomic E-state index is 0.245. The summed E-state index contributed by atoms with van der Waals surface area (Å²) in [5, 5.41) is 27.5. The van der Waals surface area contributed by atoms with Gasteiger partial charge < -0.3 is 31.3 Å². The number of imide groups is 1. The molecule has 9 rings (SSSR count). The number of carbonyl (C=O) groups excluding carboxylic acids is 3. The van der Waals surface area contributed by atoms with Crippen LogP contribution in [0.5, 0.6) is 0 Å². The minimum Gasteiger partial charge on any atom is -0.374 e. The molecular weight excluding hydrogens is 697 g/mol. The van der Waals surface area contributed by atoms with Crippen LogP contribution in [0.4, 0.5) is 28.7 Å². The highest BCUT2D eigenvalue weighted by Gasteiger charge is 2.45. The Bertz CT molecular complexity index is 2210. The molecule has 0 spiro atoms. The molecule has 3 aromatic carbocycles. The number of amides is 3. The lowest BCUT2D eigenvalue weighted by Gasteiger charge is -2.37. The molecule has 2 fully saturated rings. The number of aliphatic hydroxyl groups excluding tert-OH is 1. The Hall–Kier alpha value is -5.73. The lowest BCUT2D eigenvalue weighted by molar-refractivity contribution is -0.131. The van der Waals surface area contributed by atoms with Crippen LogP contribution in [0, 0.1) is 12.8 Å². The number of nitrogens with zero attached hydrogens (tertiary/aromatic N) is 6. The summed E-state index contributed by atoms with van der Waals surface area (Å²) in [6.45, 7) is 6.78. The SMILES string of the molecule is Cc1ccccc1Nc1nn(C)c2c1C=NC(Nc1ccc3c(c1)CN(CC1CCN(c4ccc5c(c4)C(=O)N(C4CCC(O)NC4=O)C5=O)CC1)CC3)N2. The summed E-state index contributed by atoms with van der Waals surface area (Å²) in [6.07, 6.45) is 4.24. The molecule has 5 aliphatic rings. The number of piperidine rings is 2. The molecule has 55 heavy (non-hydrogen) atoms. The van der Waals surface area contributed by atoms with E-state index in [1.807, 2.05) is 48.3 Å². The topological polar surface area (TPSA) is 159 Å². The Kier molecular flexibility index (Phi) is 9.01. The van der Waals surface area contributed by atoms with Crippen molar-refractivity contribution in [2.45, 2.75) is 64.1 Å². The van der Waals surface area contributed by atoms with Gasteiger partial charge in [-0.15, -0.1) is 0 Å². The fraction of sp³-hybridized carbons (Fsp3) is 0.390. The monoisotopic (exact) mass is 742 g/mol. The zero-order chi connectivity index (χ0) is 37.8. The van der Waals surface area contributed by atoms with Gasteiger partial charge in [0, 0.05) is 63.0 Å². The van der Waals surface area contributed by atoms with Crippen LogP contribution >= 0.6 is 0 Å². The van der Waals surface area contributed by atoms with Gasteiger partial charge in [-0.3, -0.25) is 28.9 Å². The van der Waals surface area contributed by atoms with Crippen LogP contribution in [-0.4, -0.2) is 93.4 Å². The van der Waals surface area contributed by atoms with E-state index < -0.39 is 30.0 Å². The van der Waals surface area contributed by atoms with Crippen LogP contribution in [0.15, 0.2) is 65.7 Å². The molecule has 0 saturated carbocycles. The predicted octanol–water partition coefficient (Wildman–Crippen LogP) is 4.18. The van der Waals surface area contributed by atoms with Crippen LogP contribution in [0.25, 0.3) is 0 Å². The van der Waals surface area contributed by atoms with E-state index in [2.05, 4.69) is 62.3 Å². The number of fused-ring (bicyclic) bond motifs is 3. The first kappa shape index (κ1) is 35.0. The number of hydrogen-bond donors (Lipinski definition) is 5. The quantitative estimate of drug-likeness (QED) is 0.166. The van der Waals surface area contributed by atoms with Gasteiger partial charge in [-0.05, 0) is 98.0 Å². The smallest absolute Gasteiger partial charge is 0.262 e. The third-order valence-electron chi connectivity index (χ3n) is 11.7. The van der Waals surface area contributed by atoms with Gasteiger partial charge in [0.2, 0.25) is 5.91 Å². The van der Waals surface area contributed by atoms with E-state index in [0.717, 1.165) is 96.7 Å². The summed E-state index contributed by atoms with van der Waals surface area (Å²) < 4.78 is 1.85. The minimum atomic E-state index is -0.949. The van der Waals surface area contributed by atoms with Crippen molar-refractivity contribution in [3.8, 4) is 0 Å². The van der Waals surface area contributed by atoms with Crippen molar-refractivity contribution in [3.05, 3.63) is 94.0 Å². The van der Waals surface area contributed by atoms with Crippen molar-refractivity contribution in [1.29, 1.82) is 0 Å². The normalized spacial score (nSPS) is 22.5. The van der Waals surface area contributed by atoms with E-state index in [-0.39, 0.29) is 12.7 Å². The molecule has 0 bridgehead atoms. The highest BCUT2D eigenvalue weighted by Crippen LogP contribution is 2.34. The van der Waals surface area contributed by atoms with Crippen LogP contribution in [0.2, 0.25) is 0 Å². The third kappa shape index (κ3) is 6.69. The fourth-order valence-corrected chi connectivity index (χ4v) is 8.67. The second-order valence-electron chi connectivity index (χ2n) is 15.4. The molecule has 14 nitrogen and oxygen atoms in total. The van der Waals surface area contributed by atoms with E-state index >= 15 is 0 Å². The van der Waals surface area contributed by atoms with Gasteiger partial charge >= 0.3 is 0 Å². The van der Waals surface area contributed by atoms with Gasteiger partial charge in [0.15, 0.2) is 12.1 Å². The zero-order valence-corrected chi connectivity index (χ0v) is 31.1. The largest absolute Gasteiger partial charge is 0.374 e. The Labute approximate surface area is 319 Å². The summed E-state index contributed by atoms with van der Waals surface area (Å²) in [5.41, 5.74) is 8.44. The standard InChI is InChI=1S/C41H46N10O4/c1-24-5-3-4-6-33(24)44-36-32-21-42-41(46-37(32)48(2)47-36)43-28-8-7-26-15-16-49(23-27(26)19-28)22-25-13-17-50(18-14-25)29-9-10-30-31(20-29)40(55)51(39(30)54)34-11-12-35(52)45-38(34)53/h3-10,19-21,25,34-35,41,43,46,52H,11-18,22-23H2,1-2H3,(H,44,47)(H,45,53). The van der Waals surface area contributed by atoms with Crippen molar-refractivity contribution in [2.24, 2.45) is 18.0 Å². The third-order valence-corrected chi connectivity index (χ3v) is 11.7. The summed E-state index contributed by atoms with van der Waals surface area (Å²) in [5.74, 6) is 0.839. The number of benzene rings is 3. The van der Waals surface area contributed by atoms with Crippen LogP contribution in [-0.2, 0) is 24.8 Å². The maximum atomic E-state index is 13.4. The van der Waals surface area contributed by atoms with E-state index in [4.69, 9.17) is 10.1 Å². The van der Waals surface area contributed by atoms with Crippen molar-refractivity contribution in [2.75, 3.05) is 47.0 Å². The maximum Gasteiger partial charge on any atom is 0.262 e. The number of hydrogen-bond acceptors (Lipinski definition) is 11. The molecule has 0 aliphatic carbocycles. The molecule has 284 valence electrons. The summed E-state index contributed by atoms with van der Waals surface area (Å²) in [4.78, 5) is 49.8. The van der Waals surface area contributed by atoms with Gasteiger partial charge in [-0.1, -0.05) is 24.3 Å². The van der Waals surface area contributed by atoms with Crippen molar-refractivity contribution in [3.63, 3.8) is 0 Å². The van der Waals surface area contributed by atoms with Crippen molar-refractivity contribution < 1.29 is 19.5 Å². The Morgan fingerprint density at radius 2 is 1.71 bits per heavy atom. The number of aromatic nitrogens is 2. The molecule has 4 aromatic rings. The average Bonchev–Trinajstić information content (AvgIpc) is 3.62. The first-order valence-electron chi connectivity index (χ1n) is 19.2. The molecular formula is C41H46N10O4. The van der Waals surface area contributed by atoms with E-state index in [1.54, 1.807) is 6.07 Å². The Morgan fingerprint density at radius 3 is 2.53 bits per heavy atom. The average molecular weight is 743 g/mol. The number of nitrogens with one attached hydrogen (secondary N) is 4. The van der Waals surface area contributed by atoms with Gasteiger partial charge in [-0.2, -0.15) is 5.10 Å². The summed E-state index contributed by atoms with van der Waals surface area (Å²) >= 11 is 0. The number of aryl methyl sites for hydroxylation is 2. The molecule has 0 radical (unpaired) electrons. The number of aliphatic imine (C=N–C) groups is 1. The maximum absolute atomic E-state index is 13.4. The van der Waals surface area contributed by atoms with E-state index in [0.29, 0.717) is 23.5 Å². The lowest BCUT2D eigenvalue weighted by Crippen LogP contribution is -2.55. The molecule has 3 unspecified atom stereocenters.